The van der Waals surface area contributed by atoms with Gasteiger partial charge in [0, 0.05) is 58.5 Å². The number of carbonyl (C=O) groups excluding carboxylic acids is 1. The average molecular weight is 592 g/mol. The van der Waals surface area contributed by atoms with Crippen molar-refractivity contribution in [3.8, 4) is 11.1 Å². The molecule has 182 valence electrons. The first-order valence-corrected chi connectivity index (χ1v) is 14.7. The minimum atomic E-state index is -4.00. The van der Waals surface area contributed by atoms with Gasteiger partial charge in [0.2, 0.25) is 10.0 Å². The number of nitrogens with one attached hydrogen (secondary N) is 1. The van der Waals surface area contributed by atoms with E-state index in [4.69, 9.17) is 11.6 Å². The molecular formula is C22H21BrClFN2O5S2. The van der Waals surface area contributed by atoms with Crippen molar-refractivity contribution in [1.82, 2.24) is 9.62 Å². The van der Waals surface area contributed by atoms with Crippen molar-refractivity contribution in [3.63, 3.8) is 0 Å². The van der Waals surface area contributed by atoms with Crippen molar-refractivity contribution in [2.75, 3.05) is 25.4 Å². The lowest BCUT2D eigenvalue weighted by molar-refractivity contribution is -0.135. The summed E-state index contributed by atoms with van der Waals surface area (Å²) in [6.45, 7) is -0.408. The van der Waals surface area contributed by atoms with Gasteiger partial charge in [0.25, 0.3) is 5.91 Å². The Hall–Kier alpha value is -1.79. The van der Waals surface area contributed by atoms with Gasteiger partial charge in [-0.3, -0.25) is 4.79 Å². The number of nitrogens with zero attached hydrogens (tertiary/aromatic N) is 1. The highest BCUT2D eigenvalue weighted by Gasteiger charge is 2.44. The molecule has 2 aliphatic rings. The zero-order valence-corrected chi connectivity index (χ0v) is 21.8. The fraction of sp³-hybridized carbons (Fsp3) is 0.318. The van der Waals surface area contributed by atoms with Crippen molar-refractivity contribution in [3.05, 3.63) is 62.9 Å². The Morgan fingerprint density at radius 3 is 2.41 bits per heavy atom. The number of hydrogen-bond donors (Lipinski definition) is 1. The highest BCUT2D eigenvalue weighted by Crippen LogP contribution is 2.37. The van der Waals surface area contributed by atoms with E-state index >= 15 is 4.39 Å². The smallest absolute Gasteiger partial charge is 0.258 e. The summed E-state index contributed by atoms with van der Waals surface area (Å²) in [7, 11) is -7.19. The van der Waals surface area contributed by atoms with Gasteiger partial charge >= 0.3 is 0 Å². The molecule has 0 unspecified atom stereocenters. The van der Waals surface area contributed by atoms with Crippen molar-refractivity contribution in [2.45, 2.75) is 23.4 Å². The zero-order valence-electron chi connectivity index (χ0n) is 17.8. The lowest BCUT2D eigenvalue weighted by atomic mass is 9.93. The van der Waals surface area contributed by atoms with E-state index in [2.05, 4.69) is 21.2 Å². The molecular weight excluding hydrogens is 571 g/mol. The second-order valence-electron chi connectivity index (χ2n) is 8.26. The van der Waals surface area contributed by atoms with E-state index in [1.54, 1.807) is 36.4 Å². The van der Waals surface area contributed by atoms with Crippen LogP contribution in [0.4, 0.5) is 4.39 Å². The maximum atomic E-state index is 15.3. The number of hydrogen-bond acceptors (Lipinski definition) is 5. The molecule has 12 heteroatoms. The predicted molar refractivity (Wildman–Crippen MR) is 131 cm³/mol. The summed E-state index contributed by atoms with van der Waals surface area (Å²) in [6.07, 6.45) is -0.624. The summed E-state index contributed by atoms with van der Waals surface area (Å²) in [5.74, 6) is -1.02. The molecule has 0 aliphatic carbocycles. The molecule has 0 atom stereocenters. The Labute approximate surface area is 211 Å². The lowest BCUT2D eigenvalue weighted by Gasteiger charge is -2.35. The molecule has 7 nitrogen and oxygen atoms in total. The summed E-state index contributed by atoms with van der Waals surface area (Å²) in [6, 6.07) is 11.6. The first-order valence-electron chi connectivity index (χ1n) is 10.4. The molecule has 0 spiro atoms. The van der Waals surface area contributed by atoms with Gasteiger partial charge in [0.05, 0.1) is 10.6 Å². The van der Waals surface area contributed by atoms with Crippen molar-refractivity contribution in [1.29, 1.82) is 0 Å². The molecule has 2 aromatic carbocycles. The number of halogens is 3. The standard InChI is InChI=1S/C22H21BrClFN2O5S2/c23-16-5-6-20(18(11-16)17-3-1-2-4-19(17)24)34(31,32)27-9-7-22(25,8-10-27)21(28)26-12-15-13-33(29,30)14-15/h1-6,11,13H,7-10,12,14H2,(H,26,28). The highest BCUT2D eigenvalue weighted by molar-refractivity contribution is 9.10. The fourth-order valence-corrected chi connectivity index (χ4v) is 7.39. The van der Waals surface area contributed by atoms with E-state index in [-0.39, 0.29) is 43.1 Å². The van der Waals surface area contributed by atoms with E-state index < -0.39 is 31.4 Å². The monoisotopic (exact) mass is 590 g/mol. The van der Waals surface area contributed by atoms with Crippen LogP contribution in [0.3, 0.4) is 0 Å². The maximum absolute atomic E-state index is 15.3. The fourth-order valence-electron chi connectivity index (χ4n) is 4.00. The third kappa shape index (κ3) is 5.08. The van der Waals surface area contributed by atoms with E-state index in [0.29, 0.717) is 26.2 Å². The molecule has 34 heavy (non-hydrogen) atoms. The zero-order chi connectivity index (χ0) is 24.7. The SMILES string of the molecule is O=C(NCC1=CS(=O)(=O)C1)C1(F)CCN(S(=O)(=O)c2ccc(Br)cc2-c2ccccc2Cl)CC1. The van der Waals surface area contributed by atoms with Gasteiger partial charge in [-0.05, 0) is 29.8 Å². The number of piperidine rings is 1. The molecule has 4 rings (SSSR count). The molecule has 1 fully saturated rings. The van der Waals surface area contributed by atoms with Crippen LogP contribution in [0.5, 0.6) is 0 Å². The first-order chi connectivity index (χ1) is 15.9. The molecule has 0 aromatic heterocycles. The predicted octanol–water partition coefficient (Wildman–Crippen LogP) is 3.69. The second kappa shape index (κ2) is 9.34. The van der Waals surface area contributed by atoms with E-state index in [1.165, 1.54) is 10.4 Å². The Kier molecular flexibility index (Phi) is 6.96. The van der Waals surface area contributed by atoms with Gasteiger partial charge < -0.3 is 5.32 Å². The molecule has 1 N–H and O–H groups in total. The van der Waals surface area contributed by atoms with Crippen molar-refractivity contribution >= 4 is 53.3 Å². The largest absolute Gasteiger partial charge is 0.350 e. The van der Waals surface area contributed by atoms with E-state index in [1.807, 2.05) is 0 Å². The summed E-state index contributed by atoms with van der Waals surface area (Å²) < 4.78 is 66.5. The van der Waals surface area contributed by atoms with E-state index in [0.717, 1.165) is 5.41 Å². The normalized spacial score (nSPS) is 19.7. The molecule has 0 saturated carbocycles. The van der Waals surface area contributed by atoms with Crippen LogP contribution < -0.4 is 5.32 Å². The minimum Gasteiger partial charge on any atom is -0.350 e. The summed E-state index contributed by atoms with van der Waals surface area (Å²) in [4.78, 5) is 12.5. The lowest BCUT2D eigenvalue weighted by Crippen LogP contribution is -2.52. The summed E-state index contributed by atoms with van der Waals surface area (Å²) in [5, 5.41) is 3.88. The number of rotatable bonds is 6. The highest BCUT2D eigenvalue weighted by atomic mass is 79.9. The van der Waals surface area contributed by atoms with Crippen LogP contribution in [0.15, 0.2) is 62.8 Å². The molecule has 2 aromatic rings. The van der Waals surface area contributed by atoms with Crippen molar-refractivity contribution in [2.24, 2.45) is 0 Å². The Bertz CT molecular complexity index is 1390. The Morgan fingerprint density at radius 2 is 1.79 bits per heavy atom. The molecule has 0 bridgehead atoms. The number of alkyl halides is 1. The second-order valence-corrected chi connectivity index (χ2v) is 13.3. The van der Waals surface area contributed by atoms with Crippen LogP contribution in [0, 0.1) is 0 Å². The third-order valence-corrected chi connectivity index (χ3v) is 10.1. The molecule has 2 aliphatic heterocycles. The number of carbonyl (C=O) groups is 1. The Morgan fingerprint density at radius 1 is 1.15 bits per heavy atom. The molecule has 1 saturated heterocycles. The third-order valence-electron chi connectivity index (χ3n) is 5.85. The van der Waals surface area contributed by atoms with Crippen LogP contribution in [-0.2, 0) is 24.7 Å². The Balaban J connectivity index is 1.50. The number of amides is 1. The molecule has 1 amide bonds. The van der Waals surface area contributed by atoms with Crippen LogP contribution in [-0.4, -0.2) is 58.1 Å². The van der Waals surface area contributed by atoms with Crippen LogP contribution in [0.1, 0.15) is 12.8 Å². The van der Waals surface area contributed by atoms with Gasteiger partial charge in [-0.2, -0.15) is 4.31 Å². The van der Waals surface area contributed by atoms with Crippen molar-refractivity contribution < 1.29 is 26.0 Å². The minimum absolute atomic E-state index is 0.0396. The summed E-state index contributed by atoms with van der Waals surface area (Å²) >= 11 is 9.69. The number of sulfone groups is 1. The molecule has 2 heterocycles. The van der Waals surface area contributed by atoms with Gasteiger partial charge in [0.1, 0.15) is 0 Å². The van der Waals surface area contributed by atoms with Crippen LogP contribution in [0.2, 0.25) is 5.02 Å². The van der Waals surface area contributed by atoms with Gasteiger partial charge in [0.15, 0.2) is 15.5 Å². The topological polar surface area (TPSA) is 101 Å². The van der Waals surface area contributed by atoms with Crippen LogP contribution >= 0.6 is 27.5 Å². The maximum Gasteiger partial charge on any atom is 0.258 e. The average Bonchev–Trinajstić information content (AvgIpc) is 2.76. The number of sulfonamides is 1. The van der Waals surface area contributed by atoms with Gasteiger partial charge in [-0.1, -0.05) is 45.7 Å². The van der Waals surface area contributed by atoms with Crippen LogP contribution in [0.25, 0.3) is 11.1 Å². The molecule has 0 radical (unpaired) electrons. The first kappa shape index (κ1) is 25.3. The van der Waals surface area contributed by atoms with Gasteiger partial charge in [-0.25, -0.2) is 21.2 Å². The van der Waals surface area contributed by atoms with Gasteiger partial charge in [-0.15, -0.1) is 0 Å². The van der Waals surface area contributed by atoms with E-state index in [9.17, 15) is 21.6 Å². The number of benzene rings is 2. The quantitative estimate of drug-likeness (QED) is 0.552. The summed E-state index contributed by atoms with van der Waals surface area (Å²) in [5.41, 5.74) is -0.772.